The van der Waals surface area contributed by atoms with Gasteiger partial charge in [-0.2, -0.15) is 0 Å². The van der Waals surface area contributed by atoms with Crippen molar-refractivity contribution in [3.63, 3.8) is 0 Å². The highest BCUT2D eigenvalue weighted by Gasteiger charge is 2.26. The Hall–Kier alpha value is -1.18. The fraction of sp³-hybridized carbons (Fsp3) is 0.333. The predicted molar refractivity (Wildman–Crippen MR) is 81.4 cm³/mol. The van der Waals surface area contributed by atoms with Crippen LogP contribution in [0.2, 0.25) is 0 Å². The summed E-state index contributed by atoms with van der Waals surface area (Å²) in [6.07, 6.45) is 0. The normalized spacial score (nSPS) is 11.7. The average Bonchev–Trinajstić information content (AvgIpc) is 2.90. The Labute approximate surface area is 119 Å². The molecule has 4 heteroatoms. The number of hydrogen-bond acceptors (Lipinski definition) is 3. The highest BCUT2D eigenvalue weighted by Crippen LogP contribution is 2.42. The molecular formula is C15H17O2PS. The lowest BCUT2D eigenvalue weighted by Crippen LogP contribution is -2.15. The predicted octanol–water partition coefficient (Wildman–Crippen LogP) is 4.83. The zero-order valence-electron chi connectivity index (χ0n) is 11.3. The maximum Gasteiger partial charge on any atom is 0.343 e. The van der Waals surface area contributed by atoms with Crippen LogP contribution >= 0.6 is 19.5 Å². The standard InChI is InChI=1S/C15H17O2PS/c1-4-17-13(16)12-10-19-14(18-12)15(2,3)11-8-6-5-7-9-11/h5-10H,4H2,1-3H3. The molecule has 0 fully saturated rings. The van der Waals surface area contributed by atoms with Crippen LogP contribution in [0.3, 0.4) is 0 Å². The summed E-state index contributed by atoms with van der Waals surface area (Å²) in [4.78, 5) is 11.7. The molecule has 0 amide bonds. The molecule has 0 saturated carbocycles. The van der Waals surface area contributed by atoms with Gasteiger partial charge in [0.1, 0.15) is 0 Å². The Bertz CT molecular complexity index is 561. The number of rotatable bonds is 4. The summed E-state index contributed by atoms with van der Waals surface area (Å²) >= 11 is 1.65. The molecule has 0 radical (unpaired) electrons. The van der Waals surface area contributed by atoms with Crippen molar-refractivity contribution < 1.29 is 9.53 Å². The van der Waals surface area contributed by atoms with Crippen molar-refractivity contribution in [2.75, 3.05) is 6.61 Å². The molecule has 0 aliphatic heterocycles. The third-order valence-corrected chi connectivity index (χ3v) is 6.19. The van der Waals surface area contributed by atoms with E-state index >= 15 is 0 Å². The summed E-state index contributed by atoms with van der Waals surface area (Å²) in [6.45, 7) is 6.64. The molecule has 2 nitrogen and oxygen atoms in total. The summed E-state index contributed by atoms with van der Waals surface area (Å²) in [6, 6.07) is 10.4. The minimum absolute atomic E-state index is 0.0573. The molecule has 1 aromatic carbocycles. The quantitative estimate of drug-likeness (QED) is 0.754. The SMILES string of the molecule is CCOC(=O)c1csc(C(C)(C)c2ccccc2)p1. The van der Waals surface area contributed by atoms with Crippen molar-refractivity contribution in [3.05, 3.63) is 51.2 Å². The first-order chi connectivity index (χ1) is 9.05. The molecule has 100 valence electrons. The number of benzene rings is 1. The van der Waals surface area contributed by atoms with Crippen molar-refractivity contribution >= 4 is 25.5 Å². The minimum Gasteiger partial charge on any atom is -0.462 e. The summed E-state index contributed by atoms with van der Waals surface area (Å²) in [5, 5.41) is 2.66. The van der Waals surface area contributed by atoms with E-state index < -0.39 is 0 Å². The van der Waals surface area contributed by atoms with Crippen LogP contribution in [0, 0.1) is 0 Å². The van der Waals surface area contributed by atoms with Gasteiger partial charge in [0.25, 0.3) is 0 Å². The van der Waals surface area contributed by atoms with Gasteiger partial charge >= 0.3 is 5.97 Å². The second-order valence-corrected chi connectivity index (χ2v) is 7.08. The second kappa shape index (κ2) is 5.85. The van der Waals surface area contributed by atoms with E-state index in [1.54, 1.807) is 11.3 Å². The minimum atomic E-state index is -0.199. The molecule has 0 aliphatic carbocycles. The molecule has 0 saturated heterocycles. The van der Waals surface area contributed by atoms with Crippen LogP contribution in [0.15, 0.2) is 35.7 Å². The van der Waals surface area contributed by atoms with Gasteiger partial charge in [0, 0.05) is 15.4 Å². The highest BCUT2D eigenvalue weighted by molar-refractivity contribution is 7.43. The number of carbonyl (C=O) groups is 1. The lowest BCUT2D eigenvalue weighted by atomic mass is 9.87. The van der Waals surface area contributed by atoms with E-state index in [4.69, 9.17) is 4.74 Å². The van der Waals surface area contributed by atoms with Gasteiger partial charge in [-0.25, -0.2) is 4.79 Å². The van der Waals surface area contributed by atoms with Gasteiger partial charge in [-0.05, 0) is 20.7 Å². The van der Waals surface area contributed by atoms with Crippen LogP contribution in [-0.2, 0) is 10.2 Å². The third-order valence-electron chi connectivity index (χ3n) is 3.02. The number of carbonyl (C=O) groups excluding carboxylic acids is 1. The largest absolute Gasteiger partial charge is 0.462 e. The van der Waals surface area contributed by atoms with E-state index in [-0.39, 0.29) is 11.4 Å². The number of esters is 1. The Morgan fingerprint density at radius 3 is 2.63 bits per heavy atom. The van der Waals surface area contributed by atoms with Crippen molar-refractivity contribution in [2.45, 2.75) is 26.2 Å². The Morgan fingerprint density at radius 2 is 2.00 bits per heavy atom. The van der Waals surface area contributed by atoms with Crippen LogP contribution in [-0.4, -0.2) is 12.6 Å². The van der Waals surface area contributed by atoms with Gasteiger partial charge in [0.05, 0.1) is 11.9 Å². The molecule has 1 heterocycles. The molecule has 2 aromatic rings. The Balaban J connectivity index is 2.29. The molecule has 0 N–H and O–H groups in total. The topological polar surface area (TPSA) is 26.3 Å². The van der Waals surface area contributed by atoms with E-state index in [1.807, 2.05) is 30.5 Å². The molecule has 0 unspecified atom stereocenters. The third kappa shape index (κ3) is 3.05. The maximum atomic E-state index is 11.7. The molecule has 2 rings (SSSR count). The summed E-state index contributed by atoms with van der Waals surface area (Å²) in [5.74, 6) is -0.199. The zero-order chi connectivity index (χ0) is 13.9. The lowest BCUT2D eigenvalue weighted by molar-refractivity contribution is 0.0532. The van der Waals surface area contributed by atoms with Gasteiger partial charge in [-0.1, -0.05) is 44.2 Å². The molecule has 1 aromatic heterocycles. The zero-order valence-corrected chi connectivity index (χ0v) is 13.1. The van der Waals surface area contributed by atoms with E-state index in [9.17, 15) is 4.79 Å². The van der Waals surface area contributed by atoms with Gasteiger partial charge in [0.15, 0.2) is 0 Å². The van der Waals surface area contributed by atoms with E-state index in [0.29, 0.717) is 6.61 Å². The maximum absolute atomic E-state index is 11.7. The molecular weight excluding hydrogens is 275 g/mol. The fourth-order valence-corrected chi connectivity index (χ4v) is 4.39. The van der Waals surface area contributed by atoms with Crippen LogP contribution in [0.4, 0.5) is 0 Å². The monoisotopic (exact) mass is 292 g/mol. The van der Waals surface area contributed by atoms with E-state index in [1.165, 1.54) is 10.2 Å². The first-order valence-electron chi connectivity index (χ1n) is 6.24. The second-order valence-electron chi connectivity index (χ2n) is 4.75. The van der Waals surface area contributed by atoms with E-state index in [2.05, 4.69) is 26.0 Å². The smallest absolute Gasteiger partial charge is 0.343 e. The number of ether oxygens (including phenoxy) is 1. The molecule has 0 atom stereocenters. The fourth-order valence-electron chi connectivity index (χ4n) is 1.84. The van der Waals surface area contributed by atoms with Gasteiger partial charge in [-0.15, -0.1) is 11.3 Å². The van der Waals surface area contributed by atoms with Gasteiger partial charge < -0.3 is 4.74 Å². The molecule has 19 heavy (non-hydrogen) atoms. The van der Waals surface area contributed by atoms with Crippen molar-refractivity contribution in [1.29, 1.82) is 0 Å². The Kier molecular flexibility index (Phi) is 4.38. The average molecular weight is 292 g/mol. The van der Waals surface area contributed by atoms with Crippen LogP contribution in [0.1, 0.15) is 41.0 Å². The van der Waals surface area contributed by atoms with Crippen LogP contribution in [0.5, 0.6) is 0 Å². The van der Waals surface area contributed by atoms with Crippen LogP contribution < -0.4 is 0 Å². The summed E-state index contributed by atoms with van der Waals surface area (Å²) in [7, 11) is 0.975. The highest BCUT2D eigenvalue weighted by atomic mass is 32.1. The van der Waals surface area contributed by atoms with Gasteiger partial charge in [0.2, 0.25) is 0 Å². The number of hydrogen-bond donors (Lipinski definition) is 0. The molecule has 0 aliphatic rings. The first kappa shape index (κ1) is 14.2. The van der Waals surface area contributed by atoms with Crippen LogP contribution in [0.25, 0.3) is 0 Å². The molecule has 0 spiro atoms. The van der Waals surface area contributed by atoms with Gasteiger partial charge in [-0.3, -0.25) is 0 Å². The first-order valence-corrected chi connectivity index (χ1v) is 8.01. The molecule has 0 bridgehead atoms. The van der Waals surface area contributed by atoms with Crippen molar-refractivity contribution in [2.24, 2.45) is 0 Å². The Morgan fingerprint density at radius 1 is 1.32 bits per heavy atom. The summed E-state index contributed by atoms with van der Waals surface area (Å²) in [5.41, 5.74) is 1.21. The van der Waals surface area contributed by atoms with Crippen molar-refractivity contribution in [3.8, 4) is 0 Å². The summed E-state index contributed by atoms with van der Waals surface area (Å²) < 4.78 is 6.32. The van der Waals surface area contributed by atoms with Crippen molar-refractivity contribution in [1.82, 2.24) is 0 Å². The van der Waals surface area contributed by atoms with E-state index in [0.717, 1.165) is 13.5 Å². The lowest BCUT2D eigenvalue weighted by Gasteiger charge is -2.23.